The van der Waals surface area contributed by atoms with E-state index in [9.17, 15) is 8.78 Å². The van der Waals surface area contributed by atoms with E-state index in [4.69, 9.17) is 9.72 Å². The first kappa shape index (κ1) is 22.2. The highest BCUT2D eigenvalue weighted by molar-refractivity contribution is 5.68. The second-order valence-corrected chi connectivity index (χ2v) is 8.41. The number of hydrogen-bond donors (Lipinski definition) is 1. The molecular weight excluding hydrogens is 438 g/mol. The first-order valence-electron chi connectivity index (χ1n) is 11.3. The molecule has 0 unspecified atom stereocenters. The number of rotatable bonds is 6. The topological polar surface area (TPSA) is 67.6 Å². The van der Waals surface area contributed by atoms with Crippen molar-refractivity contribution in [1.29, 1.82) is 0 Å². The number of aryl methyl sites for hydroxylation is 2. The van der Waals surface area contributed by atoms with Gasteiger partial charge in [-0.3, -0.25) is 0 Å². The Kier molecular flexibility index (Phi) is 6.10. The zero-order valence-electron chi connectivity index (χ0n) is 19.1. The summed E-state index contributed by atoms with van der Waals surface area (Å²) in [6.45, 7) is 4.72. The van der Waals surface area contributed by atoms with Gasteiger partial charge in [0.25, 0.3) is 0 Å². The molecule has 0 bridgehead atoms. The van der Waals surface area contributed by atoms with E-state index in [-0.39, 0.29) is 5.75 Å². The van der Waals surface area contributed by atoms with E-state index in [1.54, 1.807) is 18.2 Å². The van der Waals surface area contributed by atoms with Crippen molar-refractivity contribution in [2.45, 2.75) is 26.9 Å². The monoisotopic (exact) mass is 464 g/mol. The van der Waals surface area contributed by atoms with Crippen LogP contribution < -0.4 is 15.0 Å². The number of hydrogen-bond acceptors (Lipinski definition) is 6. The molecule has 0 spiro atoms. The molecular formula is C25H26F2N6O. The summed E-state index contributed by atoms with van der Waals surface area (Å²) in [5.74, 6) is 0.912. The Hall–Kier alpha value is -3.59. The normalized spacial score (nSPS) is 14.2. The van der Waals surface area contributed by atoms with Crippen LogP contribution in [0.5, 0.6) is 5.75 Å². The smallest absolute Gasteiger partial charge is 0.387 e. The molecule has 1 aliphatic rings. The maximum atomic E-state index is 12.9. The SMILES string of the molecule is Cc1cc2nc(C)c(Cc3ccccc3OC(F)F)n2cc1-c1cnc(N2CCNCC2)nc1. The minimum absolute atomic E-state index is 0.177. The Morgan fingerprint density at radius 3 is 2.56 bits per heavy atom. The average Bonchev–Trinajstić information content (AvgIpc) is 3.14. The fraction of sp³-hybridized carbons (Fsp3) is 0.320. The lowest BCUT2D eigenvalue weighted by Crippen LogP contribution is -2.44. The summed E-state index contributed by atoms with van der Waals surface area (Å²) in [7, 11) is 0. The van der Waals surface area contributed by atoms with Crippen LogP contribution in [0.15, 0.2) is 48.9 Å². The highest BCUT2D eigenvalue weighted by atomic mass is 19.3. The molecule has 0 radical (unpaired) electrons. The van der Waals surface area contributed by atoms with E-state index in [0.717, 1.165) is 65.9 Å². The lowest BCUT2D eigenvalue weighted by atomic mass is 10.1. The minimum atomic E-state index is -2.87. The highest BCUT2D eigenvalue weighted by Crippen LogP contribution is 2.29. The molecule has 0 amide bonds. The number of aromatic nitrogens is 4. The van der Waals surface area contributed by atoms with Crippen LogP contribution in [0.1, 0.15) is 22.5 Å². The molecule has 9 heteroatoms. The van der Waals surface area contributed by atoms with Gasteiger partial charge in [0.15, 0.2) is 0 Å². The first-order valence-corrected chi connectivity index (χ1v) is 11.3. The van der Waals surface area contributed by atoms with E-state index in [0.29, 0.717) is 12.0 Å². The number of para-hydroxylation sites is 1. The Morgan fingerprint density at radius 1 is 1.09 bits per heavy atom. The summed E-state index contributed by atoms with van der Waals surface area (Å²) in [5, 5.41) is 3.33. The lowest BCUT2D eigenvalue weighted by molar-refractivity contribution is -0.0503. The van der Waals surface area contributed by atoms with E-state index < -0.39 is 6.61 Å². The van der Waals surface area contributed by atoms with Crippen LogP contribution in [0.3, 0.4) is 0 Å². The Labute approximate surface area is 196 Å². The van der Waals surface area contributed by atoms with Gasteiger partial charge in [0.2, 0.25) is 5.95 Å². The Bertz CT molecular complexity index is 1300. The van der Waals surface area contributed by atoms with Crippen LogP contribution in [0.2, 0.25) is 0 Å². The van der Waals surface area contributed by atoms with E-state index >= 15 is 0 Å². The molecule has 7 nitrogen and oxygen atoms in total. The number of ether oxygens (including phenoxy) is 1. The Morgan fingerprint density at radius 2 is 1.82 bits per heavy atom. The largest absolute Gasteiger partial charge is 0.435 e. The van der Waals surface area contributed by atoms with Gasteiger partial charge in [-0.1, -0.05) is 18.2 Å². The molecule has 34 heavy (non-hydrogen) atoms. The predicted molar refractivity (Wildman–Crippen MR) is 127 cm³/mol. The maximum absolute atomic E-state index is 12.9. The summed E-state index contributed by atoms with van der Waals surface area (Å²) in [5.41, 5.74) is 6.21. The van der Waals surface area contributed by atoms with Crippen molar-refractivity contribution >= 4 is 11.6 Å². The fourth-order valence-corrected chi connectivity index (χ4v) is 4.40. The Balaban J connectivity index is 1.50. The highest BCUT2D eigenvalue weighted by Gasteiger charge is 2.17. The molecule has 1 aromatic carbocycles. The molecule has 176 valence electrons. The standard InChI is InChI=1S/C25H26F2N6O/c1-16-11-23-31-17(2)21(12-18-5-3-4-6-22(18)34-24(26)27)33(23)15-20(16)19-13-29-25(30-14-19)32-9-7-28-8-10-32/h3-6,11,13-15,24,28H,7-10,12H2,1-2H3. The molecule has 0 aliphatic carbocycles. The van der Waals surface area contributed by atoms with Gasteiger partial charge in [-0.2, -0.15) is 8.78 Å². The van der Waals surface area contributed by atoms with Gasteiger partial charge in [0.1, 0.15) is 11.4 Å². The van der Waals surface area contributed by atoms with Crippen molar-refractivity contribution in [3.63, 3.8) is 0 Å². The third kappa shape index (κ3) is 4.43. The molecule has 4 heterocycles. The van der Waals surface area contributed by atoms with E-state index in [2.05, 4.69) is 20.2 Å². The third-order valence-electron chi connectivity index (χ3n) is 6.16. The zero-order chi connectivity index (χ0) is 23.7. The van der Waals surface area contributed by atoms with Crippen molar-refractivity contribution < 1.29 is 13.5 Å². The fourth-order valence-electron chi connectivity index (χ4n) is 4.40. The number of pyridine rings is 1. The maximum Gasteiger partial charge on any atom is 0.387 e. The molecule has 4 aromatic rings. The lowest BCUT2D eigenvalue weighted by Gasteiger charge is -2.27. The summed E-state index contributed by atoms with van der Waals surface area (Å²) < 4.78 is 32.5. The summed E-state index contributed by atoms with van der Waals surface area (Å²) in [4.78, 5) is 16.1. The quantitative estimate of drug-likeness (QED) is 0.465. The van der Waals surface area contributed by atoms with Crippen molar-refractivity contribution in [3.05, 3.63) is 71.4 Å². The van der Waals surface area contributed by atoms with Gasteiger partial charge in [-0.25, -0.2) is 15.0 Å². The van der Waals surface area contributed by atoms with Gasteiger partial charge in [0, 0.05) is 73.6 Å². The minimum Gasteiger partial charge on any atom is -0.435 e. The second-order valence-electron chi connectivity index (χ2n) is 8.41. The number of halogens is 2. The number of fused-ring (bicyclic) bond motifs is 1. The molecule has 0 saturated carbocycles. The van der Waals surface area contributed by atoms with Gasteiger partial charge < -0.3 is 19.4 Å². The van der Waals surface area contributed by atoms with Crippen LogP contribution >= 0.6 is 0 Å². The number of benzene rings is 1. The summed E-state index contributed by atoms with van der Waals surface area (Å²) >= 11 is 0. The van der Waals surface area contributed by atoms with Crippen molar-refractivity contribution in [1.82, 2.24) is 24.7 Å². The van der Waals surface area contributed by atoms with Crippen LogP contribution in [-0.2, 0) is 6.42 Å². The first-order chi connectivity index (χ1) is 16.5. The van der Waals surface area contributed by atoms with Crippen molar-refractivity contribution in [2.24, 2.45) is 0 Å². The molecule has 1 saturated heterocycles. The number of piperazine rings is 1. The average molecular weight is 465 g/mol. The predicted octanol–water partition coefficient (Wildman–Crippen LogP) is 4.01. The summed E-state index contributed by atoms with van der Waals surface area (Å²) in [6, 6.07) is 8.89. The molecule has 1 fully saturated rings. The van der Waals surface area contributed by atoms with E-state index in [1.165, 1.54) is 0 Å². The van der Waals surface area contributed by atoms with Crippen LogP contribution in [0.25, 0.3) is 16.8 Å². The number of anilines is 1. The third-order valence-corrected chi connectivity index (χ3v) is 6.16. The van der Waals surface area contributed by atoms with Crippen molar-refractivity contribution in [2.75, 3.05) is 31.1 Å². The molecule has 1 aliphatic heterocycles. The molecule has 5 rings (SSSR count). The van der Waals surface area contributed by atoms with Gasteiger partial charge in [-0.15, -0.1) is 0 Å². The number of nitrogens with one attached hydrogen (secondary N) is 1. The van der Waals surface area contributed by atoms with Gasteiger partial charge in [0.05, 0.1) is 5.69 Å². The van der Waals surface area contributed by atoms with Gasteiger partial charge >= 0.3 is 6.61 Å². The molecule has 1 N–H and O–H groups in total. The van der Waals surface area contributed by atoms with Crippen LogP contribution in [0, 0.1) is 13.8 Å². The molecule has 3 aromatic heterocycles. The molecule has 0 atom stereocenters. The van der Waals surface area contributed by atoms with Crippen LogP contribution in [-0.4, -0.2) is 52.1 Å². The summed E-state index contributed by atoms with van der Waals surface area (Å²) in [6.07, 6.45) is 6.15. The number of alkyl halides is 2. The second kappa shape index (κ2) is 9.34. The zero-order valence-corrected chi connectivity index (χ0v) is 19.1. The van der Waals surface area contributed by atoms with E-state index in [1.807, 2.05) is 49.0 Å². The number of imidazole rings is 1. The van der Waals surface area contributed by atoms with Crippen LogP contribution in [0.4, 0.5) is 14.7 Å². The van der Waals surface area contributed by atoms with Gasteiger partial charge in [-0.05, 0) is 31.5 Å². The number of nitrogens with zero attached hydrogens (tertiary/aromatic N) is 5. The van der Waals surface area contributed by atoms with Crippen molar-refractivity contribution in [3.8, 4) is 16.9 Å².